The molecule has 0 amide bonds. The first-order valence-electron chi connectivity index (χ1n) is 3.76. The molecule has 4 nitrogen and oxygen atoms in total. The highest BCUT2D eigenvalue weighted by atomic mass is 16.7. The molecule has 0 aliphatic rings. The molecule has 0 aromatic rings. The van der Waals surface area contributed by atoms with Crippen LogP contribution in [0.25, 0.3) is 0 Å². The van der Waals surface area contributed by atoms with Gasteiger partial charge in [0.1, 0.15) is 0 Å². The first-order valence-corrected chi connectivity index (χ1v) is 3.76. The fourth-order valence-electron chi connectivity index (χ4n) is 0.263. The standard InChI is InChI=1S/2C4H10O2/c1-5-3-4-6-2;1-4(5-2)6-3/h3-4H2,1-2H3;4H,1-3H3. The molecule has 0 unspecified atom stereocenters. The van der Waals surface area contributed by atoms with E-state index in [9.17, 15) is 0 Å². The second-order valence-electron chi connectivity index (χ2n) is 2.02. The van der Waals surface area contributed by atoms with E-state index in [2.05, 4.69) is 18.9 Å². The summed E-state index contributed by atoms with van der Waals surface area (Å²) in [6.07, 6.45) is -0.0648. The predicted octanol–water partition coefficient (Wildman–Crippen LogP) is 0.904. The Morgan fingerprint density at radius 3 is 1.25 bits per heavy atom. The predicted molar refractivity (Wildman–Crippen MR) is 47.2 cm³/mol. The van der Waals surface area contributed by atoms with Gasteiger partial charge in [-0.25, -0.2) is 0 Å². The molecule has 0 heterocycles. The molecular weight excluding hydrogens is 160 g/mol. The van der Waals surface area contributed by atoms with Crippen LogP contribution in [0.4, 0.5) is 0 Å². The Morgan fingerprint density at radius 2 is 1.17 bits per heavy atom. The smallest absolute Gasteiger partial charge is 0.154 e. The number of rotatable bonds is 5. The van der Waals surface area contributed by atoms with Crippen LogP contribution in [-0.4, -0.2) is 47.9 Å². The van der Waals surface area contributed by atoms with Crippen molar-refractivity contribution in [3.63, 3.8) is 0 Å². The summed E-state index contributed by atoms with van der Waals surface area (Å²) < 4.78 is 18.7. The van der Waals surface area contributed by atoms with E-state index in [0.717, 1.165) is 0 Å². The molecule has 0 saturated heterocycles. The summed E-state index contributed by atoms with van der Waals surface area (Å²) in [4.78, 5) is 0. The molecule has 0 atom stereocenters. The highest BCUT2D eigenvalue weighted by Crippen LogP contribution is 1.82. The fourth-order valence-corrected chi connectivity index (χ4v) is 0.263. The van der Waals surface area contributed by atoms with Crippen LogP contribution in [0.15, 0.2) is 0 Å². The maximum Gasteiger partial charge on any atom is 0.154 e. The number of methoxy groups -OCH3 is 4. The second kappa shape index (κ2) is 13.4. The Bertz CT molecular complexity index is 60.1. The lowest BCUT2D eigenvalue weighted by Gasteiger charge is -2.03. The first kappa shape index (κ1) is 14.4. The maximum absolute atomic E-state index is 4.68. The molecule has 76 valence electrons. The van der Waals surface area contributed by atoms with Crippen LogP contribution < -0.4 is 0 Å². The lowest BCUT2D eigenvalue weighted by Crippen LogP contribution is -2.05. The third-order valence-electron chi connectivity index (χ3n) is 1.16. The quantitative estimate of drug-likeness (QED) is 0.465. The first-order chi connectivity index (χ1) is 5.72. The fraction of sp³-hybridized carbons (Fsp3) is 1.00. The van der Waals surface area contributed by atoms with E-state index in [-0.39, 0.29) is 6.29 Å². The van der Waals surface area contributed by atoms with Crippen molar-refractivity contribution >= 4 is 0 Å². The SMILES string of the molecule is COC(C)OC.COCCOC. The largest absolute Gasteiger partial charge is 0.382 e. The zero-order chi connectivity index (χ0) is 9.82. The van der Waals surface area contributed by atoms with Gasteiger partial charge in [-0.15, -0.1) is 0 Å². The van der Waals surface area contributed by atoms with Gasteiger partial charge in [0.25, 0.3) is 0 Å². The highest BCUT2D eigenvalue weighted by Gasteiger charge is 1.87. The molecule has 0 fully saturated rings. The average Bonchev–Trinajstić information content (AvgIpc) is 2.14. The molecule has 0 N–H and O–H groups in total. The van der Waals surface area contributed by atoms with E-state index >= 15 is 0 Å². The molecule has 0 spiro atoms. The second-order valence-corrected chi connectivity index (χ2v) is 2.02. The van der Waals surface area contributed by atoms with Gasteiger partial charge in [-0.05, 0) is 6.92 Å². The molecule has 4 heteroatoms. The van der Waals surface area contributed by atoms with Crippen LogP contribution in [0.5, 0.6) is 0 Å². The molecule has 0 aliphatic carbocycles. The summed E-state index contributed by atoms with van der Waals surface area (Å²) in [7, 11) is 6.51. The monoisotopic (exact) mass is 180 g/mol. The molecular formula is C8H20O4. The summed E-state index contributed by atoms with van der Waals surface area (Å²) in [5, 5.41) is 0. The Balaban J connectivity index is 0. The van der Waals surface area contributed by atoms with Gasteiger partial charge >= 0.3 is 0 Å². The molecule has 0 bridgehead atoms. The van der Waals surface area contributed by atoms with Crippen molar-refractivity contribution < 1.29 is 18.9 Å². The zero-order valence-electron chi connectivity index (χ0n) is 8.62. The Morgan fingerprint density at radius 1 is 0.833 bits per heavy atom. The third kappa shape index (κ3) is 16.4. The van der Waals surface area contributed by atoms with Crippen LogP contribution in [0.3, 0.4) is 0 Å². The van der Waals surface area contributed by atoms with Crippen molar-refractivity contribution in [2.45, 2.75) is 13.2 Å². The normalized spacial score (nSPS) is 9.50. The summed E-state index contributed by atoms with van der Waals surface area (Å²) in [6.45, 7) is 3.22. The molecule has 0 radical (unpaired) electrons. The molecule has 12 heavy (non-hydrogen) atoms. The van der Waals surface area contributed by atoms with Crippen LogP contribution in [0.1, 0.15) is 6.92 Å². The van der Waals surface area contributed by atoms with Crippen molar-refractivity contribution in [1.82, 2.24) is 0 Å². The minimum absolute atomic E-state index is 0.0648. The number of hydrogen-bond donors (Lipinski definition) is 0. The van der Waals surface area contributed by atoms with Gasteiger partial charge < -0.3 is 18.9 Å². The van der Waals surface area contributed by atoms with Crippen molar-refractivity contribution in [2.24, 2.45) is 0 Å². The molecule has 0 aliphatic heterocycles. The van der Waals surface area contributed by atoms with Crippen molar-refractivity contribution in [1.29, 1.82) is 0 Å². The van der Waals surface area contributed by atoms with Gasteiger partial charge in [-0.3, -0.25) is 0 Å². The van der Waals surface area contributed by atoms with Crippen LogP contribution in [-0.2, 0) is 18.9 Å². The lowest BCUT2D eigenvalue weighted by molar-refractivity contribution is -0.0877. The maximum atomic E-state index is 4.68. The van der Waals surface area contributed by atoms with Crippen LogP contribution in [0, 0.1) is 0 Å². The van der Waals surface area contributed by atoms with E-state index in [1.807, 2.05) is 6.92 Å². The summed E-state index contributed by atoms with van der Waals surface area (Å²) in [5.41, 5.74) is 0. The zero-order valence-corrected chi connectivity index (χ0v) is 8.62. The average molecular weight is 180 g/mol. The van der Waals surface area contributed by atoms with Gasteiger partial charge in [0.15, 0.2) is 6.29 Å². The van der Waals surface area contributed by atoms with Crippen molar-refractivity contribution in [3.8, 4) is 0 Å². The van der Waals surface area contributed by atoms with Crippen LogP contribution in [0.2, 0.25) is 0 Å². The molecule has 0 aromatic heterocycles. The van der Waals surface area contributed by atoms with E-state index in [1.54, 1.807) is 28.4 Å². The van der Waals surface area contributed by atoms with E-state index in [1.165, 1.54) is 0 Å². The van der Waals surface area contributed by atoms with Crippen molar-refractivity contribution in [2.75, 3.05) is 41.7 Å². The highest BCUT2D eigenvalue weighted by molar-refractivity contribution is 4.18. The molecule has 0 aromatic carbocycles. The topological polar surface area (TPSA) is 36.9 Å². The molecule has 0 rings (SSSR count). The van der Waals surface area contributed by atoms with E-state index in [4.69, 9.17) is 0 Å². The number of ether oxygens (including phenoxy) is 4. The Labute approximate surface area is 74.8 Å². The van der Waals surface area contributed by atoms with Crippen LogP contribution >= 0.6 is 0 Å². The van der Waals surface area contributed by atoms with Gasteiger partial charge in [-0.1, -0.05) is 0 Å². The summed E-state index contributed by atoms with van der Waals surface area (Å²) >= 11 is 0. The van der Waals surface area contributed by atoms with E-state index < -0.39 is 0 Å². The molecule has 0 saturated carbocycles. The van der Waals surface area contributed by atoms with E-state index in [0.29, 0.717) is 13.2 Å². The summed E-state index contributed by atoms with van der Waals surface area (Å²) in [5.74, 6) is 0. The minimum Gasteiger partial charge on any atom is -0.382 e. The Kier molecular flexibility index (Phi) is 16.1. The van der Waals surface area contributed by atoms with Crippen molar-refractivity contribution in [3.05, 3.63) is 0 Å². The van der Waals surface area contributed by atoms with Gasteiger partial charge in [-0.2, -0.15) is 0 Å². The Hall–Kier alpha value is -0.160. The minimum atomic E-state index is -0.0648. The number of hydrogen-bond acceptors (Lipinski definition) is 4. The van der Waals surface area contributed by atoms with Gasteiger partial charge in [0, 0.05) is 28.4 Å². The summed E-state index contributed by atoms with van der Waals surface area (Å²) in [6, 6.07) is 0. The van der Waals surface area contributed by atoms with Gasteiger partial charge in [0.2, 0.25) is 0 Å². The lowest BCUT2D eigenvalue weighted by atomic mass is 10.8. The van der Waals surface area contributed by atoms with Gasteiger partial charge in [0.05, 0.1) is 13.2 Å². The third-order valence-corrected chi connectivity index (χ3v) is 1.16.